The first-order valence-corrected chi connectivity index (χ1v) is 9.79. The van der Waals surface area contributed by atoms with E-state index in [0.717, 1.165) is 11.1 Å². The summed E-state index contributed by atoms with van der Waals surface area (Å²) >= 11 is 6.19. The molecule has 1 saturated heterocycles. The maximum Gasteiger partial charge on any atom is 0.298 e. The molecule has 1 aliphatic heterocycles. The van der Waals surface area contributed by atoms with Crippen molar-refractivity contribution in [1.82, 2.24) is 4.98 Å². The number of para-hydroxylation sites is 2. The minimum absolute atomic E-state index is 0.0539. The third kappa shape index (κ3) is 3.96. The molecule has 0 saturated carbocycles. The summed E-state index contributed by atoms with van der Waals surface area (Å²) < 4.78 is 16.4. The minimum atomic E-state index is -0.110. The molecule has 29 heavy (non-hydrogen) atoms. The molecule has 0 atom stereocenters. The summed E-state index contributed by atoms with van der Waals surface area (Å²) in [6, 6.07) is 11.6. The molecule has 7 nitrogen and oxygen atoms in total. The number of amides is 1. The smallest absolute Gasteiger partial charge is 0.298 e. The SMILES string of the molecule is COc1cc(OC)c(NC(=O)C2CCN(c3nc4ccccc4o3)CC2)cc1Cl. The van der Waals surface area contributed by atoms with Gasteiger partial charge in [-0.05, 0) is 31.0 Å². The van der Waals surface area contributed by atoms with Gasteiger partial charge < -0.3 is 24.1 Å². The van der Waals surface area contributed by atoms with Crippen molar-refractivity contribution in [2.75, 3.05) is 37.5 Å². The number of aromatic nitrogens is 1. The number of hydrogen-bond donors (Lipinski definition) is 1. The summed E-state index contributed by atoms with van der Waals surface area (Å²) in [7, 11) is 3.07. The molecule has 4 rings (SSSR count). The van der Waals surface area contributed by atoms with E-state index in [4.69, 9.17) is 25.5 Å². The van der Waals surface area contributed by atoms with E-state index >= 15 is 0 Å². The number of piperidine rings is 1. The van der Waals surface area contributed by atoms with E-state index in [1.54, 1.807) is 12.1 Å². The van der Waals surface area contributed by atoms with Gasteiger partial charge in [0.1, 0.15) is 17.0 Å². The fourth-order valence-electron chi connectivity index (χ4n) is 3.52. The van der Waals surface area contributed by atoms with Crippen LogP contribution in [0.1, 0.15) is 12.8 Å². The Hall–Kier alpha value is -2.93. The first-order valence-electron chi connectivity index (χ1n) is 9.42. The molecule has 1 aromatic heterocycles. The zero-order valence-corrected chi connectivity index (χ0v) is 17.0. The fourth-order valence-corrected chi connectivity index (χ4v) is 3.76. The van der Waals surface area contributed by atoms with Crippen molar-refractivity contribution in [1.29, 1.82) is 0 Å². The van der Waals surface area contributed by atoms with E-state index in [2.05, 4.69) is 15.2 Å². The fraction of sp³-hybridized carbons (Fsp3) is 0.333. The first kappa shape index (κ1) is 19.4. The molecule has 1 aliphatic rings. The standard InChI is InChI=1S/C21H22ClN3O4/c1-27-18-12-19(28-2)16(11-14(18)22)23-20(26)13-7-9-25(10-8-13)21-24-15-5-3-4-6-17(15)29-21/h3-6,11-13H,7-10H2,1-2H3,(H,23,26). The molecule has 2 heterocycles. The van der Waals surface area contributed by atoms with Crippen LogP contribution in [0.25, 0.3) is 11.1 Å². The average molecular weight is 416 g/mol. The summed E-state index contributed by atoms with van der Waals surface area (Å²) in [5.41, 5.74) is 2.14. The van der Waals surface area contributed by atoms with E-state index < -0.39 is 0 Å². The van der Waals surface area contributed by atoms with Crippen LogP contribution in [-0.4, -0.2) is 38.2 Å². The second-order valence-corrected chi connectivity index (χ2v) is 7.31. The van der Waals surface area contributed by atoms with Gasteiger partial charge in [-0.25, -0.2) is 0 Å². The maximum absolute atomic E-state index is 12.8. The number of benzene rings is 2. The van der Waals surface area contributed by atoms with Crippen LogP contribution >= 0.6 is 11.6 Å². The van der Waals surface area contributed by atoms with Gasteiger partial charge in [-0.15, -0.1) is 0 Å². The van der Waals surface area contributed by atoms with Crippen molar-refractivity contribution in [2.24, 2.45) is 5.92 Å². The molecule has 2 aromatic carbocycles. The van der Waals surface area contributed by atoms with Gasteiger partial charge in [0.2, 0.25) is 5.91 Å². The number of carbonyl (C=O) groups is 1. The summed E-state index contributed by atoms with van der Waals surface area (Å²) in [6.45, 7) is 1.40. The summed E-state index contributed by atoms with van der Waals surface area (Å²) in [5, 5.41) is 3.35. The first-order chi connectivity index (χ1) is 14.1. The zero-order chi connectivity index (χ0) is 20.4. The Morgan fingerprint density at radius 1 is 1.17 bits per heavy atom. The van der Waals surface area contributed by atoms with Crippen LogP contribution < -0.4 is 19.7 Å². The number of ether oxygens (including phenoxy) is 2. The Morgan fingerprint density at radius 3 is 2.59 bits per heavy atom. The number of hydrogen-bond acceptors (Lipinski definition) is 6. The lowest BCUT2D eigenvalue weighted by molar-refractivity contribution is -0.120. The summed E-state index contributed by atoms with van der Waals surface area (Å²) in [4.78, 5) is 19.4. The Balaban J connectivity index is 1.41. The molecule has 0 aliphatic carbocycles. The molecule has 0 radical (unpaired) electrons. The monoisotopic (exact) mass is 415 g/mol. The van der Waals surface area contributed by atoms with E-state index in [-0.39, 0.29) is 11.8 Å². The number of nitrogens with zero attached hydrogens (tertiary/aromatic N) is 2. The molecular formula is C21H22ClN3O4. The number of oxazole rings is 1. The number of halogens is 1. The van der Waals surface area contributed by atoms with Gasteiger partial charge in [0.25, 0.3) is 6.01 Å². The van der Waals surface area contributed by atoms with E-state index in [0.29, 0.717) is 54.2 Å². The summed E-state index contributed by atoms with van der Waals surface area (Å²) in [5.74, 6) is 0.833. The van der Waals surface area contributed by atoms with Crippen molar-refractivity contribution < 1.29 is 18.7 Å². The Bertz CT molecular complexity index is 995. The highest BCUT2D eigenvalue weighted by Gasteiger charge is 2.28. The number of rotatable bonds is 5. The summed E-state index contributed by atoms with van der Waals surface area (Å²) in [6.07, 6.45) is 1.41. The number of nitrogens with one attached hydrogen (secondary N) is 1. The molecule has 0 bridgehead atoms. The number of carbonyl (C=O) groups excluding carboxylic acids is 1. The van der Waals surface area contributed by atoms with Crippen molar-refractivity contribution in [3.63, 3.8) is 0 Å². The molecule has 3 aromatic rings. The highest BCUT2D eigenvalue weighted by atomic mass is 35.5. The van der Waals surface area contributed by atoms with Gasteiger partial charge in [-0.3, -0.25) is 4.79 Å². The molecule has 8 heteroatoms. The van der Waals surface area contributed by atoms with Gasteiger partial charge in [0.05, 0.1) is 24.9 Å². The maximum atomic E-state index is 12.8. The van der Waals surface area contributed by atoms with Crippen LogP contribution in [0.15, 0.2) is 40.8 Å². The van der Waals surface area contributed by atoms with Crippen LogP contribution in [0.3, 0.4) is 0 Å². The van der Waals surface area contributed by atoms with Crippen LogP contribution in [0.2, 0.25) is 5.02 Å². The van der Waals surface area contributed by atoms with Crippen molar-refractivity contribution in [3.05, 3.63) is 41.4 Å². The van der Waals surface area contributed by atoms with Crippen LogP contribution in [-0.2, 0) is 4.79 Å². The van der Waals surface area contributed by atoms with Gasteiger partial charge in [0.15, 0.2) is 5.58 Å². The van der Waals surface area contributed by atoms with Gasteiger partial charge >= 0.3 is 0 Å². The normalized spacial score (nSPS) is 14.8. The molecule has 1 fully saturated rings. The number of anilines is 2. The largest absolute Gasteiger partial charge is 0.495 e. The molecule has 152 valence electrons. The predicted molar refractivity (Wildman–Crippen MR) is 112 cm³/mol. The number of methoxy groups -OCH3 is 2. The lowest BCUT2D eigenvalue weighted by Crippen LogP contribution is -2.38. The molecule has 0 spiro atoms. The van der Waals surface area contributed by atoms with Gasteiger partial charge in [0, 0.05) is 25.1 Å². The van der Waals surface area contributed by atoms with Crippen molar-refractivity contribution in [2.45, 2.75) is 12.8 Å². The molecule has 0 unspecified atom stereocenters. The Labute approximate surface area is 173 Å². The Morgan fingerprint density at radius 2 is 1.90 bits per heavy atom. The van der Waals surface area contributed by atoms with E-state index in [1.807, 2.05) is 24.3 Å². The topological polar surface area (TPSA) is 76.8 Å². The average Bonchev–Trinajstić information content (AvgIpc) is 3.18. The van der Waals surface area contributed by atoms with Crippen molar-refractivity contribution in [3.8, 4) is 11.5 Å². The third-order valence-corrected chi connectivity index (χ3v) is 5.45. The highest BCUT2D eigenvalue weighted by molar-refractivity contribution is 6.32. The van der Waals surface area contributed by atoms with Crippen LogP contribution in [0.4, 0.5) is 11.7 Å². The number of fused-ring (bicyclic) bond motifs is 1. The molecule has 1 N–H and O–H groups in total. The zero-order valence-electron chi connectivity index (χ0n) is 16.3. The lowest BCUT2D eigenvalue weighted by atomic mass is 9.96. The second-order valence-electron chi connectivity index (χ2n) is 6.90. The molecular weight excluding hydrogens is 394 g/mol. The lowest BCUT2D eigenvalue weighted by Gasteiger charge is -2.30. The van der Waals surface area contributed by atoms with Crippen LogP contribution in [0, 0.1) is 5.92 Å². The third-order valence-electron chi connectivity index (χ3n) is 5.15. The van der Waals surface area contributed by atoms with Crippen molar-refractivity contribution >= 4 is 40.3 Å². The Kier molecular flexibility index (Phi) is 5.49. The molecule has 1 amide bonds. The second kappa shape index (κ2) is 8.21. The van der Waals surface area contributed by atoms with E-state index in [1.165, 1.54) is 14.2 Å². The quantitative estimate of drug-likeness (QED) is 0.667. The predicted octanol–water partition coefficient (Wildman–Crippen LogP) is 4.35. The van der Waals surface area contributed by atoms with E-state index in [9.17, 15) is 4.79 Å². The minimum Gasteiger partial charge on any atom is -0.495 e. The van der Waals surface area contributed by atoms with Crippen LogP contribution in [0.5, 0.6) is 11.5 Å². The highest BCUT2D eigenvalue weighted by Crippen LogP contribution is 2.36. The van der Waals surface area contributed by atoms with Gasteiger partial charge in [-0.1, -0.05) is 23.7 Å². The van der Waals surface area contributed by atoms with Gasteiger partial charge in [-0.2, -0.15) is 4.98 Å².